The van der Waals surface area contributed by atoms with Crippen LogP contribution in [0.1, 0.15) is 54.6 Å². The van der Waals surface area contributed by atoms with E-state index in [2.05, 4.69) is 9.97 Å². The van der Waals surface area contributed by atoms with Crippen LogP contribution in [-0.2, 0) is 16.3 Å². The number of Topliss-reactive ketones (excluding diaryl/α,β-unsaturated/α-hetero) is 1. The summed E-state index contributed by atoms with van der Waals surface area (Å²) in [6, 6.07) is 10.7. The molecular weight excluding hydrogens is 384 g/mol. The highest BCUT2D eigenvalue weighted by atomic mass is 32.2. The largest absolute Gasteiger partial charge is 0.352 e. The number of carbonyl (C=O) groups excluding carboxylic acids is 1. The normalized spacial score (nSPS) is 15.6. The number of hydrogen-bond acceptors (Lipinski definition) is 4. The number of hydrogen-bond donors (Lipinski definition) is 1. The monoisotopic (exact) mass is 410 g/mol. The van der Waals surface area contributed by atoms with Gasteiger partial charge in [-0.3, -0.25) is 9.78 Å². The highest BCUT2D eigenvalue weighted by molar-refractivity contribution is 7.91. The van der Waals surface area contributed by atoms with Crippen LogP contribution in [-0.4, -0.2) is 29.9 Å². The first-order valence-electron chi connectivity index (χ1n) is 10.3. The smallest absolute Gasteiger partial charge is 0.179 e. The van der Waals surface area contributed by atoms with E-state index < -0.39 is 9.84 Å². The van der Waals surface area contributed by atoms with Crippen molar-refractivity contribution in [2.75, 3.05) is 5.75 Å². The van der Waals surface area contributed by atoms with Crippen LogP contribution >= 0.6 is 0 Å². The first-order chi connectivity index (χ1) is 14.0. The number of carbonyl (C=O) groups is 1. The van der Waals surface area contributed by atoms with Gasteiger partial charge in [0, 0.05) is 29.7 Å². The van der Waals surface area contributed by atoms with Gasteiger partial charge in [-0.2, -0.15) is 0 Å². The maximum atomic E-state index is 12.7. The SMILES string of the molecule is O=C(CCc1ccc(S(=O)(=O)CC2CCCCC2)cc1)c1cc2cnccc2[nH]1. The van der Waals surface area contributed by atoms with E-state index in [1.165, 1.54) is 6.42 Å². The van der Waals surface area contributed by atoms with Gasteiger partial charge in [0.2, 0.25) is 0 Å². The van der Waals surface area contributed by atoms with Gasteiger partial charge in [0.15, 0.2) is 15.6 Å². The van der Waals surface area contributed by atoms with Crippen molar-refractivity contribution in [3.63, 3.8) is 0 Å². The van der Waals surface area contributed by atoms with Crippen LogP contribution < -0.4 is 0 Å². The van der Waals surface area contributed by atoms with Gasteiger partial charge in [0.25, 0.3) is 0 Å². The molecule has 1 fully saturated rings. The molecule has 0 bridgehead atoms. The molecule has 0 atom stereocenters. The van der Waals surface area contributed by atoms with Gasteiger partial charge in [0.1, 0.15) is 0 Å². The number of nitrogens with one attached hydrogen (secondary N) is 1. The van der Waals surface area contributed by atoms with E-state index in [1.54, 1.807) is 24.5 Å². The van der Waals surface area contributed by atoms with Crippen molar-refractivity contribution < 1.29 is 13.2 Å². The molecular formula is C23H26N2O3S. The van der Waals surface area contributed by atoms with Crippen LogP contribution in [0.5, 0.6) is 0 Å². The standard InChI is InChI=1S/C23H26N2O3S/c26-23(22-14-19-15-24-13-12-21(19)25-22)11-8-17-6-9-20(10-7-17)29(27,28)16-18-4-2-1-3-5-18/h6-7,9-10,12-15,18,25H,1-5,8,11,16H2. The Morgan fingerprint density at radius 2 is 1.83 bits per heavy atom. The number of H-pyrrole nitrogens is 1. The molecule has 2 aromatic heterocycles. The van der Waals surface area contributed by atoms with Crippen LogP contribution in [0.15, 0.2) is 53.7 Å². The number of sulfone groups is 1. The van der Waals surface area contributed by atoms with Gasteiger partial charge in [0.05, 0.1) is 16.3 Å². The fourth-order valence-corrected chi connectivity index (χ4v) is 5.84. The van der Waals surface area contributed by atoms with Crippen molar-refractivity contribution in [1.82, 2.24) is 9.97 Å². The van der Waals surface area contributed by atoms with Crippen LogP contribution in [0.25, 0.3) is 10.9 Å². The predicted molar refractivity (Wildman–Crippen MR) is 114 cm³/mol. The van der Waals surface area contributed by atoms with Crippen molar-refractivity contribution in [2.24, 2.45) is 5.92 Å². The Morgan fingerprint density at radius 1 is 1.07 bits per heavy atom. The predicted octanol–water partition coefficient (Wildman–Crippen LogP) is 4.73. The molecule has 1 N–H and O–H groups in total. The number of fused-ring (bicyclic) bond motifs is 1. The summed E-state index contributed by atoms with van der Waals surface area (Å²) in [4.78, 5) is 20.1. The quantitative estimate of drug-likeness (QED) is 0.571. The van der Waals surface area contributed by atoms with Gasteiger partial charge in [-0.05, 0) is 55.0 Å². The molecule has 6 heteroatoms. The number of rotatable bonds is 7. The molecule has 0 aliphatic heterocycles. The Morgan fingerprint density at radius 3 is 2.55 bits per heavy atom. The molecule has 0 spiro atoms. The van der Waals surface area contributed by atoms with Gasteiger partial charge in [-0.25, -0.2) is 8.42 Å². The fourth-order valence-electron chi connectivity index (χ4n) is 4.14. The molecule has 1 aliphatic carbocycles. The molecule has 5 nitrogen and oxygen atoms in total. The molecule has 2 heterocycles. The second-order valence-corrected chi connectivity index (χ2v) is 10.0. The van der Waals surface area contributed by atoms with Crippen LogP contribution in [0.2, 0.25) is 0 Å². The first kappa shape index (κ1) is 19.8. The lowest BCUT2D eigenvalue weighted by Crippen LogP contribution is -2.18. The van der Waals surface area contributed by atoms with Crippen LogP contribution in [0, 0.1) is 5.92 Å². The summed E-state index contributed by atoms with van der Waals surface area (Å²) < 4.78 is 25.4. The lowest BCUT2D eigenvalue weighted by Gasteiger charge is -2.21. The highest BCUT2D eigenvalue weighted by Gasteiger charge is 2.23. The van der Waals surface area contributed by atoms with Gasteiger partial charge in [-0.15, -0.1) is 0 Å². The zero-order valence-electron chi connectivity index (χ0n) is 16.4. The minimum absolute atomic E-state index is 0.0372. The molecule has 4 rings (SSSR count). The summed E-state index contributed by atoms with van der Waals surface area (Å²) in [6.07, 6.45) is 9.90. The Labute approximate surface area is 171 Å². The summed E-state index contributed by atoms with van der Waals surface area (Å²) in [5.41, 5.74) is 2.45. The van der Waals surface area contributed by atoms with E-state index in [1.807, 2.05) is 24.3 Å². The molecule has 29 heavy (non-hydrogen) atoms. The Hall–Kier alpha value is -2.47. The zero-order chi connectivity index (χ0) is 20.3. The lowest BCUT2D eigenvalue weighted by atomic mass is 9.91. The molecule has 3 aromatic rings. The fraction of sp³-hybridized carbons (Fsp3) is 0.391. The Bertz CT molecular complexity index is 1060. The van der Waals surface area contributed by atoms with Crippen molar-refractivity contribution in [1.29, 1.82) is 0 Å². The third kappa shape index (κ3) is 4.75. The van der Waals surface area contributed by atoms with Gasteiger partial charge >= 0.3 is 0 Å². The topological polar surface area (TPSA) is 79.9 Å². The minimum atomic E-state index is -3.24. The van der Waals surface area contributed by atoms with Crippen molar-refractivity contribution >= 4 is 26.5 Å². The average molecular weight is 411 g/mol. The van der Waals surface area contributed by atoms with E-state index in [0.717, 1.165) is 42.1 Å². The van der Waals surface area contributed by atoms with Crippen molar-refractivity contribution in [3.05, 3.63) is 60.0 Å². The lowest BCUT2D eigenvalue weighted by molar-refractivity contribution is 0.0979. The first-order valence-corrected chi connectivity index (χ1v) is 11.9. The molecule has 1 aliphatic rings. The summed E-state index contributed by atoms with van der Waals surface area (Å²) in [5, 5.41) is 0.920. The molecule has 1 saturated carbocycles. The van der Waals surface area contributed by atoms with Crippen molar-refractivity contribution in [3.8, 4) is 0 Å². The van der Waals surface area contributed by atoms with Crippen LogP contribution in [0.3, 0.4) is 0 Å². The van der Waals surface area contributed by atoms with E-state index in [4.69, 9.17) is 0 Å². The van der Waals surface area contributed by atoms with Gasteiger partial charge < -0.3 is 4.98 Å². The second-order valence-electron chi connectivity index (χ2n) is 8.00. The second kappa shape index (κ2) is 8.49. The Kier molecular flexibility index (Phi) is 5.81. The number of pyridine rings is 1. The summed E-state index contributed by atoms with van der Waals surface area (Å²) in [7, 11) is -3.24. The molecule has 1 aromatic carbocycles. The number of aromatic nitrogens is 2. The maximum Gasteiger partial charge on any atom is 0.179 e. The summed E-state index contributed by atoms with van der Waals surface area (Å²) >= 11 is 0. The summed E-state index contributed by atoms with van der Waals surface area (Å²) in [6.45, 7) is 0. The number of benzene rings is 1. The van der Waals surface area contributed by atoms with E-state index in [9.17, 15) is 13.2 Å². The molecule has 0 amide bonds. The zero-order valence-corrected chi connectivity index (χ0v) is 17.2. The van der Waals surface area contributed by atoms with Crippen LogP contribution in [0.4, 0.5) is 0 Å². The number of nitrogens with zero attached hydrogens (tertiary/aromatic N) is 1. The third-order valence-corrected chi connectivity index (χ3v) is 7.73. The Balaban J connectivity index is 1.37. The molecule has 0 unspecified atom stereocenters. The number of aromatic amines is 1. The molecule has 0 saturated heterocycles. The van der Waals surface area contributed by atoms with E-state index in [0.29, 0.717) is 23.4 Å². The molecule has 152 valence electrons. The van der Waals surface area contributed by atoms with Crippen molar-refractivity contribution in [2.45, 2.75) is 49.8 Å². The molecule has 0 radical (unpaired) electrons. The number of ketones is 1. The third-order valence-electron chi connectivity index (χ3n) is 5.82. The minimum Gasteiger partial charge on any atom is -0.352 e. The van der Waals surface area contributed by atoms with E-state index in [-0.39, 0.29) is 17.5 Å². The average Bonchev–Trinajstić information content (AvgIpc) is 3.17. The number of aryl methyl sites for hydroxylation is 1. The van der Waals surface area contributed by atoms with Gasteiger partial charge in [-0.1, -0.05) is 31.4 Å². The van der Waals surface area contributed by atoms with E-state index >= 15 is 0 Å². The highest BCUT2D eigenvalue weighted by Crippen LogP contribution is 2.27. The summed E-state index contributed by atoms with van der Waals surface area (Å²) in [5.74, 6) is 0.577. The maximum absolute atomic E-state index is 12.7.